The third kappa shape index (κ3) is 2.59. The number of nitrogens with zero attached hydrogens (tertiary/aromatic N) is 2. The van der Waals surface area contributed by atoms with Crippen LogP contribution in [0.15, 0.2) is 18.3 Å². The lowest BCUT2D eigenvalue weighted by molar-refractivity contribution is -0.147. The van der Waals surface area contributed by atoms with Gasteiger partial charge in [-0.1, -0.05) is 6.92 Å². The summed E-state index contributed by atoms with van der Waals surface area (Å²) in [5.41, 5.74) is 0.616. The summed E-state index contributed by atoms with van der Waals surface area (Å²) in [4.78, 5) is 29.1. The maximum absolute atomic E-state index is 12.3. The van der Waals surface area contributed by atoms with Crippen molar-refractivity contribution in [3.05, 3.63) is 29.6 Å². The highest BCUT2D eigenvalue weighted by Crippen LogP contribution is 2.30. The Morgan fingerprint density at radius 1 is 1.53 bits per heavy atom. The average molecular weight is 262 g/mol. The molecule has 1 N–H and O–H groups in total. The highest BCUT2D eigenvalue weighted by atomic mass is 16.4. The lowest BCUT2D eigenvalue weighted by Gasteiger charge is -2.20. The molecule has 0 spiro atoms. The van der Waals surface area contributed by atoms with E-state index in [-0.39, 0.29) is 12.5 Å². The number of carbonyl (C=O) groups excluding carboxylic acids is 1. The zero-order chi connectivity index (χ0) is 14.0. The van der Waals surface area contributed by atoms with Gasteiger partial charge in [-0.3, -0.25) is 14.6 Å². The molecule has 1 saturated heterocycles. The fourth-order valence-corrected chi connectivity index (χ4v) is 2.28. The van der Waals surface area contributed by atoms with Crippen molar-refractivity contribution in [2.75, 3.05) is 13.1 Å². The maximum atomic E-state index is 12.3. The average Bonchev–Trinajstić information content (AvgIpc) is 2.82. The molecule has 1 aromatic rings. The molecule has 1 fully saturated rings. The minimum Gasteiger partial charge on any atom is -0.481 e. The monoisotopic (exact) mass is 262 g/mol. The largest absolute Gasteiger partial charge is 0.481 e. The van der Waals surface area contributed by atoms with Crippen molar-refractivity contribution in [2.24, 2.45) is 5.41 Å². The fraction of sp³-hybridized carbons (Fsp3) is 0.500. The molecule has 1 aliphatic heterocycles. The third-order valence-electron chi connectivity index (χ3n) is 3.73. The molecule has 1 unspecified atom stereocenters. The van der Waals surface area contributed by atoms with E-state index in [4.69, 9.17) is 0 Å². The van der Waals surface area contributed by atoms with Gasteiger partial charge in [0.1, 0.15) is 5.69 Å². The molecule has 0 bridgehead atoms. The van der Waals surface area contributed by atoms with E-state index in [1.807, 2.05) is 13.0 Å². The first kappa shape index (κ1) is 13.5. The number of aryl methyl sites for hydroxylation is 1. The van der Waals surface area contributed by atoms with Crippen LogP contribution in [-0.4, -0.2) is 40.0 Å². The standard InChI is InChI=1S/C14H18N2O3/c1-3-10-4-6-15-11(8-10)12(17)16-7-5-14(2,9-16)13(18)19/h4,6,8H,3,5,7,9H2,1-2H3,(H,18,19). The highest BCUT2D eigenvalue weighted by molar-refractivity contribution is 5.93. The minimum absolute atomic E-state index is 0.180. The number of amides is 1. The van der Waals surface area contributed by atoms with Gasteiger partial charge < -0.3 is 10.0 Å². The van der Waals surface area contributed by atoms with Crippen LogP contribution in [0.25, 0.3) is 0 Å². The van der Waals surface area contributed by atoms with Crippen LogP contribution in [0.3, 0.4) is 0 Å². The van der Waals surface area contributed by atoms with Gasteiger partial charge >= 0.3 is 5.97 Å². The van der Waals surface area contributed by atoms with E-state index in [2.05, 4.69) is 4.98 Å². The molecule has 0 radical (unpaired) electrons. The molecule has 1 atom stereocenters. The van der Waals surface area contributed by atoms with E-state index in [1.54, 1.807) is 24.1 Å². The van der Waals surface area contributed by atoms with Crippen molar-refractivity contribution < 1.29 is 14.7 Å². The van der Waals surface area contributed by atoms with Gasteiger partial charge in [-0.15, -0.1) is 0 Å². The van der Waals surface area contributed by atoms with Gasteiger partial charge in [0, 0.05) is 19.3 Å². The molecule has 1 aromatic heterocycles. The first-order chi connectivity index (χ1) is 8.96. The summed E-state index contributed by atoms with van der Waals surface area (Å²) < 4.78 is 0. The summed E-state index contributed by atoms with van der Waals surface area (Å²) >= 11 is 0. The van der Waals surface area contributed by atoms with Gasteiger partial charge in [-0.2, -0.15) is 0 Å². The van der Waals surface area contributed by atoms with E-state index < -0.39 is 11.4 Å². The summed E-state index contributed by atoms with van der Waals surface area (Å²) in [7, 11) is 0. The number of rotatable bonds is 3. The SMILES string of the molecule is CCc1ccnc(C(=O)N2CCC(C)(C(=O)O)C2)c1. The van der Waals surface area contributed by atoms with Crippen LogP contribution in [0.5, 0.6) is 0 Å². The molecule has 5 nitrogen and oxygen atoms in total. The second kappa shape index (κ2) is 4.99. The van der Waals surface area contributed by atoms with Crippen LogP contribution < -0.4 is 0 Å². The Kier molecular flexibility index (Phi) is 3.55. The summed E-state index contributed by atoms with van der Waals surface area (Å²) in [6.45, 7) is 4.41. The van der Waals surface area contributed by atoms with E-state index in [1.165, 1.54) is 0 Å². The molecule has 2 rings (SSSR count). The summed E-state index contributed by atoms with van der Waals surface area (Å²) in [5, 5.41) is 9.17. The van der Waals surface area contributed by atoms with Gasteiger partial charge in [0.05, 0.1) is 5.41 Å². The summed E-state index contributed by atoms with van der Waals surface area (Å²) in [6, 6.07) is 3.65. The zero-order valence-electron chi connectivity index (χ0n) is 11.2. The van der Waals surface area contributed by atoms with Gasteiger partial charge in [-0.25, -0.2) is 0 Å². The zero-order valence-corrected chi connectivity index (χ0v) is 11.2. The topological polar surface area (TPSA) is 70.5 Å². The molecule has 2 heterocycles. The number of aromatic nitrogens is 1. The molecular formula is C14H18N2O3. The Hall–Kier alpha value is -1.91. The van der Waals surface area contributed by atoms with E-state index >= 15 is 0 Å². The molecule has 1 aliphatic rings. The van der Waals surface area contributed by atoms with E-state index in [9.17, 15) is 14.7 Å². The Balaban J connectivity index is 2.15. The first-order valence-electron chi connectivity index (χ1n) is 6.44. The van der Waals surface area contributed by atoms with Crippen LogP contribution >= 0.6 is 0 Å². The lowest BCUT2D eigenvalue weighted by Crippen LogP contribution is -2.35. The van der Waals surface area contributed by atoms with Crippen molar-refractivity contribution in [3.63, 3.8) is 0 Å². The molecule has 102 valence electrons. The number of carbonyl (C=O) groups is 2. The van der Waals surface area contributed by atoms with Crippen molar-refractivity contribution in [1.82, 2.24) is 9.88 Å². The Morgan fingerprint density at radius 2 is 2.26 bits per heavy atom. The Labute approximate surface area is 112 Å². The Morgan fingerprint density at radius 3 is 2.84 bits per heavy atom. The molecular weight excluding hydrogens is 244 g/mol. The van der Waals surface area contributed by atoms with E-state index in [0.29, 0.717) is 18.7 Å². The molecule has 0 aromatic carbocycles. The second-order valence-corrected chi connectivity index (χ2v) is 5.25. The van der Waals surface area contributed by atoms with Crippen LogP contribution in [0.1, 0.15) is 36.3 Å². The maximum Gasteiger partial charge on any atom is 0.311 e. The summed E-state index contributed by atoms with van der Waals surface area (Å²) in [5.74, 6) is -1.03. The molecule has 5 heteroatoms. The first-order valence-corrected chi connectivity index (χ1v) is 6.44. The van der Waals surface area contributed by atoms with Gasteiger partial charge in [-0.05, 0) is 37.5 Å². The molecule has 0 saturated carbocycles. The van der Waals surface area contributed by atoms with Crippen LogP contribution in [0.4, 0.5) is 0 Å². The molecule has 19 heavy (non-hydrogen) atoms. The van der Waals surface area contributed by atoms with Gasteiger partial charge in [0.25, 0.3) is 5.91 Å². The number of likely N-dealkylation sites (tertiary alicyclic amines) is 1. The number of hydrogen-bond donors (Lipinski definition) is 1. The predicted octanol–water partition coefficient (Wildman–Crippen LogP) is 1.58. The van der Waals surface area contributed by atoms with Crippen molar-refractivity contribution in [3.8, 4) is 0 Å². The van der Waals surface area contributed by atoms with Crippen LogP contribution in [-0.2, 0) is 11.2 Å². The normalized spacial score (nSPS) is 22.5. The fourth-order valence-electron chi connectivity index (χ4n) is 2.28. The minimum atomic E-state index is -0.849. The highest BCUT2D eigenvalue weighted by Gasteiger charge is 2.42. The van der Waals surface area contributed by atoms with Gasteiger partial charge in [0.15, 0.2) is 0 Å². The van der Waals surface area contributed by atoms with Crippen LogP contribution in [0, 0.1) is 5.41 Å². The second-order valence-electron chi connectivity index (χ2n) is 5.25. The number of hydrogen-bond acceptors (Lipinski definition) is 3. The smallest absolute Gasteiger partial charge is 0.311 e. The molecule has 1 amide bonds. The quantitative estimate of drug-likeness (QED) is 0.897. The number of aliphatic carboxylic acids is 1. The number of carboxylic acids is 1. The molecule has 0 aliphatic carbocycles. The van der Waals surface area contributed by atoms with Crippen molar-refractivity contribution in [1.29, 1.82) is 0 Å². The predicted molar refractivity (Wildman–Crippen MR) is 69.9 cm³/mol. The van der Waals surface area contributed by atoms with E-state index in [0.717, 1.165) is 12.0 Å². The third-order valence-corrected chi connectivity index (χ3v) is 3.73. The number of pyridine rings is 1. The number of carboxylic acid groups (broad SMARTS) is 1. The summed E-state index contributed by atoms with van der Waals surface area (Å²) in [6.07, 6.45) is 2.95. The lowest BCUT2D eigenvalue weighted by atomic mass is 9.90. The van der Waals surface area contributed by atoms with Crippen molar-refractivity contribution >= 4 is 11.9 Å². The van der Waals surface area contributed by atoms with Crippen molar-refractivity contribution in [2.45, 2.75) is 26.7 Å². The van der Waals surface area contributed by atoms with Crippen LogP contribution in [0.2, 0.25) is 0 Å². The Bertz CT molecular complexity index is 515. The van der Waals surface area contributed by atoms with Gasteiger partial charge in [0.2, 0.25) is 0 Å².